The van der Waals surface area contributed by atoms with Crippen LogP contribution in [0.2, 0.25) is 10.0 Å². The van der Waals surface area contributed by atoms with Crippen LogP contribution in [-0.2, 0) is 16.6 Å². The lowest BCUT2D eigenvalue weighted by atomic mass is 10.1. The van der Waals surface area contributed by atoms with E-state index in [9.17, 15) is 8.42 Å². The summed E-state index contributed by atoms with van der Waals surface area (Å²) in [6.45, 7) is 4.22. The summed E-state index contributed by atoms with van der Waals surface area (Å²) < 4.78 is 29.2. The Bertz CT molecular complexity index is 1060. The second kappa shape index (κ2) is 7.31. The molecule has 8 heteroatoms. The van der Waals surface area contributed by atoms with E-state index in [0.717, 1.165) is 16.7 Å². The van der Waals surface area contributed by atoms with Gasteiger partial charge in [-0.25, -0.2) is 8.42 Å². The lowest BCUT2D eigenvalue weighted by Crippen LogP contribution is -2.13. The third-order valence-electron chi connectivity index (χ3n) is 4.02. The molecular formula is C18H17Cl2N3O2S. The fourth-order valence-electron chi connectivity index (χ4n) is 2.42. The van der Waals surface area contributed by atoms with Crippen molar-refractivity contribution >= 4 is 38.9 Å². The van der Waals surface area contributed by atoms with E-state index in [0.29, 0.717) is 22.3 Å². The van der Waals surface area contributed by atoms with Gasteiger partial charge in [-0.15, -0.1) is 0 Å². The van der Waals surface area contributed by atoms with Crippen LogP contribution in [0, 0.1) is 13.8 Å². The Morgan fingerprint density at radius 2 is 1.85 bits per heavy atom. The highest BCUT2D eigenvalue weighted by molar-refractivity contribution is 7.92. The van der Waals surface area contributed by atoms with Gasteiger partial charge >= 0.3 is 0 Å². The highest BCUT2D eigenvalue weighted by Crippen LogP contribution is 2.23. The van der Waals surface area contributed by atoms with E-state index in [2.05, 4.69) is 9.82 Å². The quantitative estimate of drug-likeness (QED) is 0.666. The molecular weight excluding hydrogens is 393 g/mol. The third-order valence-corrected chi connectivity index (χ3v) is 5.99. The number of hydrogen-bond acceptors (Lipinski definition) is 3. The Morgan fingerprint density at radius 1 is 1.08 bits per heavy atom. The van der Waals surface area contributed by atoms with Crippen LogP contribution in [0.4, 0.5) is 5.69 Å². The number of anilines is 1. The first-order valence-corrected chi connectivity index (χ1v) is 10.0. The van der Waals surface area contributed by atoms with E-state index in [1.807, 2.05) is 19.9 Å². The zero-order chi connectivity index (χ0) is 18.9. The molecule has 136 valence electrons. The third kappa shape index (κ3) is 4.20. The number of aromatic nitrogens is 2. The van der Waals surface area contributed by atoms with E-state index in [-0.39, 0.29) is 4.90 Å². The molecule has 2 aromatic carbocycles. The average Bonchev–Trinajstić information content (AvgIpc) is 2.99. The molecule has 0 atom stereocenters. The first-order valence-electron chi connectivity index (χ1n) is 7.81. The topological polar surface area (TPSA) is 64.0 Å². The number of rotatable bonds is 5. The van der Waals surface area contributed by atoms with Gasteiger partial charge in [0.15, 0.2) is 0 Å². The van der Waals surface area contributed by atoms with Gasteiger partial charge in [0.1, 0.15) is 0 Å². The van der Waals surface area contributed by atoms with Crippen LogP contribution < -0.4 is 4.72 Å². The Labute approximate surface area is 162 Å². The van der Waals surface area contributed by atoms with Gasteiger partial charge in [-0.2, -0.15) is 5.10 Å². The summed E-state index contributed by atoms with van der Waals surface area (Å²) in [4.78, 5) is 0.217. The normalized spacial score (nSPS) is 11.5. The van der Waals surface area contributed by atoms with Gasteiger partial charge in [-0.1, -0.05) is 35.3 Å². The van der Waals surface area contributed by atoms with Gasteiger partial charge < -0.3 is 0 Å². The number of hydrogen-bond donors (Lipinski definition) is 1. The van der Waals surface area contributed by atoms with Crippen LogP contribution in [-0.4, -0.2) is 18.2 Å². The highest BCUT2D eigenvalue weighted by Gasteiger charge is 2.16. The number of benzene rings is 2. The predicted molar refractivity (Wildman–Crippen MR) is 105 cm³/mol. The molecule has 1 aromatic heterocycles. The van der Waals surface area contributed by atoms with Gasteiger partial charge in [-0.3, -0.25) is 9.40 Å². The average molecular weight is 410 g/mol. The summed E-state index contributed by atoms with van der Waals surface area (Å²) in [6, 6.07) is 10.2. The van der Waals surface area contributed by atoms with Crippen LogP contribution in [0.1, 0.15) is 16.7 Å². The van der Waals surface area contributed by atoms with Crippen molar-refractivity contribution in [1.29, 1.82) is 0 Å². The Balaban J connectivity index is 1.78. The molecule has 0 amide bonds. The van der Waals surface area contributed by atoms with Crippen molar-refractivity contribution in [2.45, 2.75) is 25.3 Å². The van der Waals surface area contributed by atoms with Crippen molar-refractivity contribution in [3.8, 4) is 0 Å². The van der Waals surface area contributed by atoms with Crippen molar-refractivity contribution in [3.05, 3.63) is 75.5 Å². The molecule has 1 heterocycles. The SMILES string of the molecule is Cc1ccc(S(=O)(=O)Nc2cnn(Cc3ccc(Cl)cc3Cl)c2)cc1C. The number of halogens is 2. The van der Waals surface area contributed by atoms with E-state index < -0.39 is 10.0 Å². The second-order valence-corrected chi connectivity index (χ2v) is 8.54. The predicted octanol–water partition coefficient (Wildman–Crippen LogP) is 4.66. The molecule has 0 aliphatic heterocycles. The minimum absolute atomic E-state index is 0.217. The van der Waals surface area contributed by atoms with Crippen LogP contribution >= 0.6 is 23.2 Å². The van der Waals surface area contributed by atoms with Crippen LogP contribution in [0.15, 0.2) is 53.7 Å². The van der Waals surface area contributed by atoms with Gasteiger partial charge in [0.25, 0.3) is 10.0 Å². The van der Waals surface area contributed by atoms with Crippen molar-refractivity contribution in [3.63, 3.8) is 0 Å². The molecule has 0 fully saturated rings. The molecule has 0 aliphatic carbocycles. The van der Waals surface area contributed by atoms with Crippen LogP contribution in [0.5, 0.6) is 0 Å². The van der Waals surface area contributed by atoms with Crippen molar-refractivity contribution in [1.82, 2.24) is 9.78 Å². The second-order valence-electron chi connectivity index (χ2n) is 6.01. The summed E-state index contributed by atoms with van der Waals surface area (Å²) in [6.07, 6.45) is 3.08. The Kier molecular flexibility index (Phi) is 5.27. The largest absolute Gasteiger partial charge is 0.276 e. The van der Waals surface area contributed by atoms with E-state index >= 15 is 0 Å². The Morgan fingerprint density at radius 3 is 2.54 bits per heavy atom. The van der Waals surface area contributed by atoms with E-state index in [1.54, 1.807) is 41.2 Å². The molecule has 0 saturated heterocycles. The van der Waals surface area contributed by atoms with Gasteiger partial charge in [-0.05, 0) is 54.8 Å². The molecule has 0 aliphatic rings. The first kappa shape index (κ1) is 18.8. The van der Waals surface area contributed by atoms with Gasteiger partial charge in [0.05, 0.1) is 23.3 Å². The molecule has 26 heavy (non-hydrogen) atoms. The fraction of sp³-hybridized carbons (Fsp3) is 0.167. The number of nitrogens with zero attached hydrogens (tertiary/aromatic N) is 2. The highest BCUT2D eigenvalue weighted by atomic mass is 35.5. The maximum absolute atomic E-state index is 12.5. The molecule has 0 radical (unpaired) electrons. The molecule has 0 bridgehead atoms. The van der Waals surface area contributed by atoms with Crippen molar-refractivity contribution < 1.29 is 8.42 Å². The minimum Gasteiger partial charge on any atom is -0.276 e. The summed E-state index contributed by atoms with van der Waals surface area (Å²) in [5.41, 5.74) is 3.17. The summed E-state index contributed by atoms with van der Waals surface area (Å²) >= 11 is 12.1. The minimum atomic E-state index is -3.67. The molecule has 0 unspecified atom stereocenters. The van der Waals surface area contributed by atoms with Gasteiger partial charge in [0.2, 0.25) is 0 Å². The van der Waals surface area contributed by atoms with E-state index in [1.165, 1.54) is 6.20 Å². The van der Waals surface area contributed by atoms with Crippen LogP contribution in [0.25, 0.3) is 0 Å². The first-order chi connectivity index (χ1) is 12.2. The molecule has 5 nitrogen and oxygen atoms in total. The Hall–Kier alpha value is -2.02. The molecule has 3 aromatic rings. The summed E-state index contributed by atoms with van der Waals surface area (Å²) in [5, 5.41) is 5.27. The maximum Gasteiger partial charge on any atom is 0.262 e. The van der Waals surface area contributed by atoms with Crippen LogP contribution in [0.3, 0.4) is 0 Å². The number of nitrogens with one attached hydrogen (secondary N) is 1. The monoisotopic (exact) mass is 409 g/mol. The number of aryl methyl sites for hydroxylation is 2. The smallest absolute Gasteiger partial charge is 0.262 e. The standard InChI is InChI=1S/C18H17Cl2N3O2S/c1-12-3-6-17(7-13(12)2)26(24,25)22-16-9-21-23(11-16)10-14-4-5-15(19)8-18(14)20/h3-9,11,22H,10H2,1-2H3. The molecule has 0 saturated carbocycles. The number of sulfonamides is 1. The van der Waals surface area contributed by atoms with Gasteiger partial charge in [0, 0.05) is 16.2 Å². The maximum atomic E-state index is 12.5. The molecule has 3 rings (SSSR count). The summed E-state index contributed by atoms with van der Waals surface area (Å²) in [5.74, 6) is 0. The molecule has 1 N–H and O–H groups in total. The fourth-order valence-corrected chi connectivity index (χ4v) is 4.00. The lowest BCUT2D eigenvalue weighted by molar-refractivity contribution is 0.601. The van der Waals surface area contributed by atoms with E-state index in [4.69, 9.17) is 23.2 Å². The summed E-state index contributed by atoms with van der Waals surface area (Å²) in [7, 11) is -3.67. The lowest BCUT2D eigenvalue weighted by Gasteiger charge is -2.08. The molecule has 0 spiro atoms. The zero-order valence-corrected chi connectivity index (χ0v) is 16.5. The van der Waals surface area contributed by atoms with Crippen molar-refractivity contribution in [2.24, 2.45) is 0 Å². The van der Waals surface area contributed by atoms with Crippen molar-refractivity contribution in [2.75, 3.05) is 4.72 Å². The zero-order valence-electron chi connectivity index (χ0n) is 14.2.